The highest BCUT2D eigenvalue weighted by molar-refractivity contribution is 5.35. The van der Waals surface area contributed by atoms with Crippen molar-refractivity contribution in [2.75, 3.05) is 18.0 Å². The zero-order chi connectivity index (χ0) is 16.9. The molecule has 24 heavy (non-hydrogen) atoms. The van der Waals surface area contributed by atoms with Crippen LogP contribution in [0, 0.1) is 11.3 Å². The van der Waals surface area contributed by atoms with Crippen molar-refractivity contribution in [2.24, 2.45) is 18.4 Å². The van der Waals surface area contributed by atoms with E-state index in [2.05, 4.69) is 51.6 Å². The summed E-state index contributed by atoms with van der Waals surface area (Å²) >= 11 is 0. The minimum absolute atomic E-state index is 0.320. The van der Waals surface area contributed by atoms with Gasteiger partial charge >= 0.3 is 0 Å². The molecule has 1 aliphatic heterocycles. The van der Waals surface area contributed by atoms with Gasteiger partial charge in [-0.15, -0.1) is 10.2 Å². The second-order valence-corrected chi connectivity index (χ2v) is 8.52. The van der Waals surface area contributed by atoms with Gasteiger partial charge in [0.05, 0.1) is 12.2 Å². The third kappa shape index (κ3) is 2.94. The Balaban J connectivity index is 1.69. The van der Waals surface area contributed by atoms with Gasteiger partial charge in [0.25, 0.3) is 0 Å². The van der Waals surface area contributed by atoms with Crippen LogP contribution in [0.2, 0.25) is 0 Å². The second kappa shape index (κ2) is 5.60. The van der Waals surface area contributed by atoms with Crippen LogP contribution in [-0.4, -0.2) is 37.6 Å². The first-order valence-corrected chi connectivity index (χ1v) is 9.08. The highest BCUT2D eigenvalue weighted by Gasteiger charge is 2.36. The zero-order valence-corrected chi connectivity index (χ0v) is 15.2. The normalized spacial score (nSPS) is 23.7. The van der Waals surface area contributed by atoms with Crippen LogP contribution >= 0.6 is 0 Å². The Morgan fingerprint density at radius 1 is 1.25 bits per heavy atom. The van der Waals surface area contributed by atoms with E-state index < -0.39 is 0 Å². The summed E-state index contributed by atoms with van der Waals surface area (Å²) in [5.41, 5.74) is 1.52. The third-order valence-corrected chi connectivity index (χ3v) is 5.28. The third-order valence-electron chi connectivity index (χ3n) is 5.28. The minimum Gasteiger partial charge on any atom is -0.340 e. The molecular formula is C18H28N6. The average Bonchev–Trinajstić information content (AvgIpc) is 3.12. The number of anilines is 1. The molecule has 2 aliphatic rings. The topological polar surface area (TPSA) is 51.8 Å². The fourth-order valence-electron chi connectivity index (χ4n) is 4.24. The maximum Gasteiger partial charge on any atom is 0.227 e. The molecule has 1 atom stereocenters. The Hall–Kier alpha value is -1.85. The molecule has 130 valence electrons. The SMILES string of the molecule is CC1CN(c2nnc(C3CC3)n2Cc2ccnn2C)CC(C)(C)C1. The van der Waals surface area contributed by atoms with Crippen molar-refractivity contribution in [3.63, 3.8) is 0 Å². The fourth-order valence-corrected chi connectivity index (χ4v) is 4.24. The van der Waals surface area contributed by atoms with Crippen LogP contribution in [0.25, 0.3) is 0 Å². The number of hydrogen-bond donors (Lipinski definition) is 0. The Kier molecular flexibility index (Phi) is 3.66. The van der Waals surface area contributed by atoms with Crippen molar-refractivity contribution in [1.29, 1.82) is 0 Å². The molecule has 2 fully saturated rings. The molecule has 0 N–H and O–H groups in total. The van der Waals surface area contributed by atoms with Crippen LogP contribution in [0.4, 0.5) is 5.95 Å². The standard InChI is InChI=1S/C18H28N6/c1-13-9-18(2,3)12-23(10-13)17-21-20-16(14-5-6-14)24(17)11-15-7-8-19-22(15)4/h7-8,13-14H,5-6,9-12H2,1-4H3. The van der Waals surface area contributed by atoms with Crippen LogP contribution in [-0.2, 0) is 13.6 Å². The summed E-state index contributed by atoms with van der Waals surface area (Å²) in [6.45, 7) is 9.98. The first-order valence-electron chi connectivity index (χ1n) is 9.08. The molecule has 1 unspecified atom stereocenters. The highest BCUT2D eigenvalue weighted by Crippen LogP contribution is 2.41. The number of rotatable bonds is 4. The summed E-state index contributed by atoms with van der Waals surface area (Å²) in [7, 11) is 2.00. The summed E-state index contributed by atoms with van der Waals surface area (Å²) in [6.07, 6.45) is 5.62. The van der Waals surface area contributed by atoms with E-state index in [1.807, 2.05) is 17.9 Å². The predicted molar refractivity (Wildman–Crippen MR) is 94.1 cm³/mol. The van der Waals surface area contributed by atoms with E-state index in [1.54, 1.807) is 0 Å². The van der Waals surface area contributed by atoms with Crippen molar-refractivity contribution in [1.82, 2.24) is 24.5 Å². The predicted octanol–water partition coefficient (Wildman–Crippen LogP) is 2.81. The summed E-state index contributed by atoms with van der Waals surface area (Å²) in [6, 6.07) is 2.09. The van der Waals surface area contributed by atoms with Crippen molar-refractivity contribution >= 4 is 5.95 Å². The van der Waals surface area contributed by atoms with Gasteiger partial charge in [-0.05, 0) is 36.7 Å². The summed E-state index contributed by atoms with van der Waals surface area (Å²) in [5.74, 6) is 3.47. The lowest BCUT2D eigenvalue weighted by Crippen LogP contribution is -2.45. The molecule has 1 saturated heterocycles. The molecule has 6 nitrogen and oxygen atoms in total. The van der Waals surface area contributed by atoms with E-state index in [4.69, 9.17) is 0 Å². The summed E-state index contributed by atoms with van der Waals surface area (Å²) in [4.78, 5) is 2.45. The number of nitrogens with zero attached hydrogens (tertiary/aromatic N) is 6. The molecule has 6 heteroatoms. The van der Waals surface area contributed by atoms with Gasteiger partial charge in [0.2, 0.25) is 5.95 Å². The van der Waals surface area contributed by atoms with Gasteiger partial charge < -0.3 is 4.90 Å². The van der Waals surface area contributed by atoms with E-state index >= 15 is 0 Å². The molecule has 1 saturated carbocycles. The Morgan fingerprint density at radius 3 is 2.67 bits per heavy atom. The lowest BCUT2D eigenvalue weighted by molar-refractivity contribution is 0.235. The van der Waals surface area contributed by atoms with Gasteiger partial charge in [0, 0.05) is 32.3 Å². The smallest absolute Gasteiger partial charge is 0.227 e. The van der Waals surface area contributed by atoms with Crippen LogP contribution in [0.5, 0.6) is 0 Å². The second-order valence-electron chi connectivity index (χ2n) is 8.52. The van der Waals surface area contributed by atoms with Crippen LogP contribution < -0.4 is 4.90 Å². The van der Waals surface area contributed by atoms with E-state index in [9.17, 15) is 0 Å². The molecule has 0 aromatic carbocycles. The molecule has 4 rings (SSSR count). The van der Waals surface area contributed by atoms with Gasteiger partial charge in [-0.25, -0.2) is 0 Å². The van der Waals surface area contributed by atoms with E-state index in [0.29, 0.717) is 17.3 Å². The molecule has 0 bridgehead atoms. The lowest BCUT2D eigenvalue weighted by atomic mass is 9.79. The van der Waals surface area contributed by atoms with Crippen molar-refractivity contribution in [3.8, 4) is 0 Å². The van der Waals surface area contributed by atoms with Crippen molar-refractivity contribution in [2.45, 2.75) is 52.5 Å². The zero-order valence-electron chi connectivity index (χ0n) is 15.2. The Morgan fingerprint density at radius 2 is 2.04 bits per heavy atom. The van der Waals surface area contributed by atoms with Gasteiger partial charge in [0.15, 0.2) is 0 Å². The molecule has 2 aromatic rings. The largest absolute Gasteiger partial charge is 0.340 e. The van der Waals surface area contributed by atoms with Gasteiger partial charge in [-0.1, -0.05) is 20.8 Å². The molecule has 1 aliphatic carbocycles. The maximum atomic E-state index is 4.62. The van der Waals surface area contributed by atoms with Gasteiger partial charge in [-0.3, -0.25) is 9.25 Å². The summed E-state index contributed by atoms with van der Waals surface area (Å²) in [5, 5.41) is 13.5. The highest BCUT2D eigenvalue weighted by atomic mass is 15.4. The lowest BCUT2D eigenvalue weighted by Gasteiger charge is -2.41. The molecule has 0 amide bonds. The molecule has 2 aromatic heterocycles. The van der Waals surface area contributed by atoms with Crippen LogP contribution in [0.1, 0.15) is 57.5 Å². The fraction of sp³-hybridized carbons (Fsp3) is 0.722. The Bertz CT molecular complexity index is 724. The van der Waals surface area contributed by atoms with Crippen molar-refractivity contribution < 1.29 is 0 Å². The number of aromatic nitrogens is 5. The minimum atomic E-state index is 0.320. The van der Waals surface area contributed by atoms with Gasteiger partial charge in [0.1, 0.15) is 5.82 Å². The quantitative estimate of drug-likeness (QED) is 0.866. The molecule has 0 radical (unpaired) electrons. The van der Waals surface area contributed by atoms with Gasteiger partial charge in [-0.2, -0.15) is 5.10 Å². The summed E-state index contributed by atoms with van der Waals surface area (Å²) < 4.78 is 4.28. The molecular weight excluding hydrogens is 300 g/mol. The van der Waals surface area contributed by atoms with Crippen molar-refractivity contribution in [3.05, 3.63) is 23.8 Å². The van der Waals surface area contributed by atoms with Crippen LogP contribution in [0.15, 0.2) is 12.3 Å². The van der Waals surface area contributed by atoms with E-state index in [1.165, 1.54) is 25.0 Å². The number of aryl methyl sites for hydroxylation is 1. The molecule has 0 spiro atoms. The molecule has 3 heterocycles. The number of piperidine rings is 1. The maximum absolute atomic E-state index is 4.62. The van der Waals surface area contributed by atoms with E-state index in [-0.39, 0.29) is 0 Å². The monoisotopic (exact) mass is 328 g/mol. The van der Waals surface area contributed by atoms with Crippen LogP contribution in [0.3, 0.4) is 0 Å². The Labute approximate surface area is 143 Å². The number of hydrogen-bond acceptors (Lipinski definition) is 4. The first kappa shape index (κ1) is 15.7. The van der Waals surface area contributed by atoms with E-state index in [0.717, 1.165) is 31.4 Å². The first-order chi connectivity index (χ1) is 11.4. The average molecular weight is 328 g/mol.